The zero-order chi connectivity index (χ0) is 15.3. The van der Waals surface area contributed by atoms with Gasteiger partial charge in [0.05, 0.1) is 18.0 Å². The number of nitrogens with zero attached hydrogens (tertiary/aromatic N) is 2. The van der Waals surface area contributed by atoms with Gasteiger partial charge < -0.3 is 10.5 Å². The maximum Gasteiger partial charge on any atom is 0.247 e. The second-order valence-electron chi connectivity index (χ2n) is 4.69. The van der Waals surface area contributed by atoms with Crippen molar-refractivity contribution in [3.63, 3.8) is 0 Å². The van der Waals surface area contributed by atoms with E-state index in [1.165, 1.54) is 4.31 Å². The summed E-state index contributed by atoms with van der Waals surface area (Å²) in [5.74, 6) is 0. The van der Waals surface area contributed by atoms with E-state index in [4.69, 9.17) is 10.5 Å². The molecule has 0 radical (unpaired) electrons. The molecule has 0 aliphatic rings. The van der Waals surface area contributed by atoms with Gasteiger partial charge in [-0.1, -0.05) is 6.92 Å². The quantitative estimate of drug-likeness (QED) is 0.733. The molecule has 0 saturated carbocycles. The van der Waals surface area contributed by atoms with Gasteiger partial charge in [-0.05, 0) is 20.3 Å². The van der Waals surface area contributed by atoms with Crippen molar-refractivity contribution in [2.24, 2.45) is 5.73 Å². The second kappa shape index (κ2) is 7.16. The smallest absolute Gasteiger partial charge is 0.247 e. The molecule has 0 aromatic carbocycles. The minimum absolute atomic E-state index is 0.0809. The molecule has 1 heterocycles. The fourth-order valence-electron chi connectivity index (χ4n) is 2.03. The zero-order valence-corrected chi connectivity index (χ0v) is 13.3. The molecule has 0 fully saturated rings. The molecule has 0 aliphatic heterocycles. The molecule has 1 unspecified atom stereocenters. The third-order valence-electron chi connectivity index (χ3n) is 3.32. The van der Waals surface area contributed by atoms with Gasteiger partial charge in [0.15, 0.2) is 0 Å². The largest absolute Gasteiger partial charge is 0.383 e. The Bertz CT molecular complexity index is 527. The fraction of sp³-hybridized carbons (Fsp3) is 0.750. The van der Waals surface area contributed by atoms with Crippen molar-refractivity contribution in [1.29, 1.82) is 0 Å². The van der Waals surface area contributed by atoms with Gasteiger partial charge in [-0.15, -0.1) is 0 Å². The van der Waals surface area contributed by atoms with Crippen molar-refractivity contribution >= 4 is 10.0 Å². The number of ether oxygens (including phenoxy) is 1. The summed E-state index contributed by atoms with van der Waals surface area (Å²) in [6, 6.07) is -0.116. The van der Waals surface area contributed by atoms with Gasteiger partial charge in [0, 0.05) is 26.2 Å². The lowest BCUT2D eigenvalue weighted by atomic mass is 10.3. The molecular weight excluding hydrogens is 280 g/mol. The molecular formula is C12H24N4O3S. The van der Waals surface area contributed by atoms with E-state index in [1.54, 1.807) is 14.0 Å². The SMILES string of the molecule is CCC(C)N(CCOC)S(=O)(=O)c1c(CN)n[nH]c1C. The second-order valence-corrected chi connectivity index (χ2v) is 6.52. The molecule has 1 aromatic rings. The van der Waals surface area contributed by atoms with E-state index in [0.717, 1.165) is 6.42 Å². The van der Waals surface area contributed by atoms with Gasteiger partial charge in [-0.25, -0.2) is 8.42 Å². The van der Waals surface area contributed by atoms with Crippen LogP contribution in [0, 0.1) is 6.92 Å². The molecule has 1 aromatic heterocycles. The maximum absolute atomic E-state index is 12.9. The van der Waals surface area contributed by atoms with E-state index in [1.807, 2.05) is 13.8 Å². The van der Waals surface area contributed by atoms with E-state index in [9.17, 15) is 8.42 Å². The summed E-state index contributed by atoms with van der Waals surface area (Å²) in [5.41, 5.74) is 6.46. The third kappa shape index (κ3) is 3.38. The molecule has 7 nitrogen and oxygen atoms in total. The van der Waals surface area contributed by atoms with E-state index < -0.39 is 10.0 Å². The number of nitrogens with one attached hydrogen (secondary N) is 1. The average Bonchev–Trinajstić information content (AvgIpc) is 2.80. The van der Waals surface area contributed by atoms with E-state index in [0.29, 0.717) is 24.5 Å². The Balaban J connectivity index is 3.25. The summed E-state index contributed by atoms with van der Waals surface area (Å²) in [4.78, 5) is 0.191. The van der Waals surface area contributed by atoms with Crippen LogP contribution in [0.5, 0.6) is 0 Å². The minimum Gasteiger partial charge on any atom is -0.383 e. The van der Waals surface area contributed by atoms with Gasteiger partial charge in [-0.3, -0.25) is 5.10 Å². The highest BCUT2D eigenvalue weighted by Crippen LogP contribution is 2.24. The molecule has 0 spiro atoms. The first kappa shape index (κ1) is 17.1. The Kier molecular flexibility index (Phi) is 6.12. The highest BCUT2D eigenvalue weighted by molar-refractivity contribution is 7.89. The molecule has 0 aliphatic carbocycles. The molecule has 3 N–H and O–H groups in total. The Morgan fingerprint density at radius 2 is 2.15 bits per heavy atom. The molecule has 20 heavy (non-hydrogen) atoms. The van der Waals surface area contributed by atoms with Gasteiger partial charge >= 0.3 is 0 Å². The first-order valence-electron chi connectivity index (χ1n) is 6.64. The van der Waals surface area contributed by atoms with Crippen LogP contribution in [0.2, 0.25) is 0 Å². The Hall–Kier alpha value is -0.960. The monoisotopic (exact) mass is 304 g/mol. The number of nitrogens with two attached hydrogens (primary N) is 1. The van der Waals surface area contributed by atoms with Crippen molar-refractivity contribution in [3.05, 3.63) is 11.4 Å². The van der Waals surface area contributed by atoms with Crippen molar-refractivity contribution < 1.29 is 13.2 Å². The van der Waals surface area contributed by atoms with Crippen LogP contribution in [0.3, 0.4) is 0 Å². The predicted molar refractivity (Wildman–Crippen MR) is 76.7 cm³/mol. The van der Waals surface area contributed by atoms with Gasteiger partial charge in [0.25, 0.3) is 0 Å². The molecule has 1 atom stereocenters. The summed E-state index contributed by atoms with van der Waals surface area (Å²) in [5, 5.41) is 6.66. The summed E-state index contributed by atoms with van der Waals surface area (Å²) >= 11 is 0. The number of aryl methyl sites for hydroxylation is 1. The summed E-state index contributed by atoms with van der Waals surface area (Å²) in [6.07, 6.45) is 0.720. The number of aromatic nitrogens is 2. The topological polar surface area (TPSA) is 101 Å². The Morgan fingerprint density at radius 1 is 1.50 bits per heavy atom. The number of hydrogen-bond acceptors (Lipinski definition) is 5. The lowest BCUT2D eigenvalue weighted by Crippen LogP contribution is -2.41. The first-order chi connectivity index (χ1) is 9.39. The molecule has 1 rings (SSSR count). The maximum atomic E-state index is 12.9. The average molecular weight is 304 g/mol. The van der Waals surface area contributed by atoms with Gasteiger partial charge in [0.1, 0.15) is 4.90 Å². The highest BCUT2D eigenvalue weighted by Gasteiger charge is 2.32. The fourth-order valence-corrected chi connectivity index (χ4v) is 4.06. The predicted octanol–water partition coefficient (Wildman–Crippen LogP) is 0.612. The standard InChI is InChI=1S/C12H24N4O3S/c1-5-9(2)16(6-7-19-4)20(17,18)12-10(3)14-15-11(12)8-13/h9H,5-8,13H2,1-4H3,(H,14,15). The summed E-state index contributed by atoms with van der Waals surface area (Å²) < 4.78 is 32.2. The summed E-state index contributed by atoms with van der Waals surface area (Å²) in [6.45, 7) is 6.25. The van der Waals surface area contributed by atoms with Gasteiger partial charge in [0.2, 0.25) is 10.0 Å². The minimum atomic E-state index is -3.64. The number of sulfonamides is 1. The van der Waals surface area contributed by atoms with Crippen molar-refractivity contribution in [3.8, 4) is 0 Å². The van der Waals surface area contributed by atoms with E-state index in [2.05, 4.69) is 10.2 Å². The molecule has 8 heteroatoms. The lowest BCUT2D eigenvalue weighted by molar-refractivity contribution is 0.167. The van der Waals surface area contributed by atoms with Crippen LogP contribution in [0.1, 0.15) is 31.7 Å². The lowest BCUT2D eigenvalue weighted by Gasteiger charge is -2.27. The Morgan fingerprint density at radius 3 is 2.65 bits per heavy atom. The van der Waals surface area contributed by atoms with Gasteiger partial charge in [-0.2, -0.15) is 9.40 Å². The number of methoxy groups -OCH3 is 1. The zero-order valence-electron chi connectivity index (χ0n) is 12.5. The van der Waals surface area contributed by atoms with Crippen molar-refractivity contribution in [2.75, 3.05) is 20.3 Å². The normalized spacial score (nSPS) is 13.9. The van der Waals surface area contributed by atoms with E-state index >= 15 is 0 Å². The highest BCUT2D eigenvalue weighted by atomic mass is 32.2. The van der Waals surface area contributed by atoms with Crippen LogP contribution in [0.15, 0.2) is 4.90 Å². The van der Waals surface area contributed by atoms with Crippen LogP contribution >= 0.6 is 0 Å². The van der Waals surface area contributed by atoms with E-state index in [-0.39, 0.29) is 17.5 Å². The third-order valence-corrected chi connectivity index (χ3v) is 5.54. The summed E-state index contributed by atoms with van der Waals surface area (Å²) in [7, 11) is -2.08. The van der Waals surface area contributed by atoms with Crippen LogP contribution in [-0.4, -0.2) is 49.2 Å². The number of rotatable bonds is 8. The van der Waals surface area contributed by atoms with Crippen LogP contribution in [-0.2, 0) is 21.3 Å². The number of aromatic amines is 1. The van der Waals surface area contributed by atoms with Crippen LogP contribution in [0.4, 0.5) is 0 Å². The molecule has 0 amide bonds. The van der Waals surface area contributed by atoms with Crippen molar-refractivity contribution in [1.82, 2.24) is 14.5 Å². The molecule has 0 saturated heterocycles. The molecule has 0 bridgehead atoms. The number of hydrogen-bond donors (Lipinski definition) is 2. The number of H-pyrrole nitrogens is 1. The van der Waals surface area contributed by atoms with Crippen molar-refractivity contribution in [2.45, 2.75) is 44.7 Å². The Labute approximate surface area is 120 Å². The van der Waals surface area contributed by atoms with Crippen LogP contribution < -0.4 is 5.73 Å². The first-order valence-corrected chi connectivity index (χ1v) is 8.08. The van der Waals surface area contributed by atoms with Crippen LogP contribution in [0.25, 0.3) is 0 Å². The molecule has 116 valence electrons.